The molecular weight excluding hydrogens is 430 g/mol. The van der Waals surface area contributed by atoms with Gasteiger partial charge in [-0.05, 0) is 65.4 Å². The summed E-state index contributed by atoms with van der Waals surface area (Å²) in [6, 6.07) is 8.39. The monoisotopic (exact) mass is 469 g/mol. The van der Waals surface area contributed by atoms with E-state index in [1.165, 1.54) is 5.56 Å². The van der Waals surface area contributed by atoms with Crippen LogP contribution in [0.25, 0.3) is 11.4 Å². The third kappa shape index (κ3) is 6.05. The maximum atomic E-state index is 9.99. The molecule has 3 heterocycles. The van der Waals surface area contributed by atoms with E-state index in [0.29, 0.717) is 24.3 Å². The van der Waals surface area contributed by atoms with Crippen molar-refractivity contribution in [2.75, 3.05) is 65.5 Å². The van der Waals surface area contributed by atoms with Gasteiger partial charge in [-0.1, -0.05) is 12.1 Å². The number of aliphatic hydroxyl groups is 1. The third-order valence-corrected chi connectivity index (χ3v) is 6.89. The fraction of sp³-hybridized carbons (Fsp3) is 0.615. The zero-order valence-corrected chi connectivity index (χ0v) is 21.0. The Hall–Kier alpha value is -2.26. The van der Waals surface area contributed by atoms with Crippen molar-refractivity contribution in [1.29, 1.82) is 0 Å². The molecule has 34 heavy (non-hydrogen) atoms. The van der Waals surface area contributed by atoms with Crippen molar-refractivity contribution in [3.8, 4) is 17.1 Å². The van der Waals surface area contributed by atoms with Crippen LogP contribution in [0.15, 0.2) is 24.3 Å². The molecule has 2 N–H and O–H groups in total. The van der Waals surface area contributed by atoms with E-state index < -0.39 is 6.10 Å². The van der Waals surface area contributed by atoms with E-state index in [-0.39, 0.29) is 6.61 Å². The first kappa shape index (κ1) is 24.9. The van der Waals surface area contributed by atoms with Crippen molar-refractivity contribution < 1.29 is 14.6 Å². The number of hydrogen-bond donors (Lipinski definition) is 2. The lowest BCUT2D eigenvalue weighted by atomic mass is 9.99. The van der Waals surface area contributed by atoms with Crippen LogP contribution in [-0.4, -0.2) is 92.7 Å². The number of nitrogens with one attached hydrogen (secondary N) is 1. The first-order valence-corrected chi connectivity index (χ1v) is 12.4. The minimum atomic E-state index is -0.559. The molecule has 0 bridgehead atoms. The molecule has 4 rings (SSSR count). The van der Waals surface area contributed by atoms with Crippen molar-refractivity contribution in [2.45, 2.75) is 38.3 Å². The van der Waals surface area contributed by atoms with Gasteiger partial charge in [0, 0.05) is 55.7 Å². The molecule has 0 amide bonds. The van der Waals surface area contributed by atoms with Gasteiger partial charge < -0.3 is 29.7 Å². The van der Waals surface area contributed by atoms with Gasteiger partial charge in [0.1, 0.15) is 24.3 Å². The second-order valence-corrected chi connectivity index (χ2v) is 9.78. The van der Waals surface area contributed by atoms with Crippen LogP contribution in [0.3, 0.4) is 0 Å². The van der Waals surface area contributed by atoms with Gasteiger partial charge in [0.2, 0.25) is 0 Å². The molecule has 1 unspecified atom stereocenters. The molecule has 2 saturated heterocycles. The van der Waals surface area contributed by atoms with Crippen LogP contribution in [0.5, 0.6) is 5.75 Å². The molecule has 2 aromatic rings. The summed E-state index contributed by atoms with van der Waals surface area (Å²) < 4.78 is 11.5. The topological polar surface area (TPSA) is 83.0 Å². The average Bonchev–Trinajstić information content (AvgIpc) is 3.52. The summed E-state index contributed by atoms with van der Waals surface area (Å²) in [5.41, 5.74) is 3.21. The molecule has 3 atom stereocenters. The molecule has 8 heteroatoms. The summed E-state index contributed by atoms with van der Waals surface area (Å²) in [6.07, 6.45) is 2.57. The molecule has 2 aliphatic rings. The Kier molecular flexibility index (Phi) is 8.37. The zero-order valence-electron chi connectivity index (χ0n) is 21.0. The summed E-state index contributed by atoms with van der Waals surface area (Å²) >= 11 is 0. The van der Waals surface area contributed by atoms with Crippen LogP contribution < -0.4 is 15.0 Å². The quantitative estimate of drug-likeness (QED) is 0.548. The maximum absolute atomic E-state index is 9.99. The number of benzene rings is 1. The van der Waals surface area contributed by atoms with E-state index in [0.717, 1.165) is 68.5 Å². The second-order valence-electron chi connectivity index (χ2n) is 9.78. The molecule has 0 aliphatic carbocycles. The lowest BCUT2D eigenvalue weighted by Gasteiger charge is -2.24. The van der Waals surface area contributed by atoms with Gasteiger partial charge in [-0.15, -0.1) is 0 Å². The Morgan fingerprint density at radius 3 is 2.85 bits per heavy atom. The van der Waals surface area contributed by atoms with E-state index >= 15 is 0 Å². The molecule has 0 spiro atoms. The van der Waals surface area contributed by atoms with Crippen molar-refractivity contribution >= 4 is 5.82 Å². The number of aromatic nitrogens is 2. The molecule has 186 valence electrons. The highest BCUT2D eigenvalue weighted by Crippen LogP contribution is 2.31. The highest BCUT2D eigenvalue weighted by atomic mass is 16.5. The smallest absolute Gasteiger partial charge is 0.161 e. The normalized spacial score (nSPS) is 21.4. The predicted molar refractivity (Wildman–Crippen MR) is 135 cm³/mol. The Balaban J connectivity index is 1.63. The summed E-state index contributed by atoms with van der Waals surface area (Å²) in [7, 11) is 6.11. The molecule has 0 saturated carbocycles. The highest BCUT2D eigenvalue weighted by molar-refractivity contribution is 5.62. The minimum absolute atomic E-state index is 0.233. The average molecular weight is 470 g/mol. The predicted octanol–water partition coefficient (Wildman–Crippen LogP) is 2.13. The van der Waals surface area contributed by atoms with Crippen LogP contribution in [-0.2, 0) is 11.2 Å². The van der Waals surface area contributed by atoms with Gasteiger partial charge in [-0.3, -0.25) is 0 Å². The molecule has 8 nitrogen and oxygen atoms in total. The van der Waals surface area contributed by atoms with Crippen molar-refractivity contribution in [2.24, 2.45) is 5.92 Å². The Bertz CT molecular complexity index is 948. The van der Waals surface area contributed by atoms with Gasteiger partial charge in [0.05, 0.1) is 0 Å². The highest BCUT2D eigenvalue weighted by Gasteiger charge is 2.28. The van der Waals surface area contributed by atoms with E-state index in [1.54, 1.807) is 0 Å². The van der Waals surface area contributed by atoms with Crippen LogP contribution in [0.2, 0.25) is 0 Å². The van der Waals surface area contributed by atoms with Gasteiger partial charge >= 0.3 is 0 Å². The lowest BCUT2D eigenvalue weighted by molar-refractivity contribution is 0.108. The summed E-state index contributed by atoms with van der Waals surface area (Å²) in [5, 5.41) is 12.9. The second kappa shape index (κ2) is 11.4. The summed E-state index contributed by atoms with van der Waals surface area (Å²) in [5.74, 6) is 2.98. The van der Waals surface area contributed by atoms with Crippen molar-refractivity contribution in [1.82, 2.24) is 20.2 Å². The van der Waals surface area contributed by atoms with E-state index in [2.05, 4.69) is 36.1 Å². The fourth-order valence-electron chi connectivity index (χ4n) is 4.77. The Morgan fingerprint density at radius 2 is 2.15 bits per heavy atom. The van der Waals surface area contributed by atoms with Crippen LogP contribution in [0.4, 0.5) is 5.82 Å². The van der Waals surface area contributed by atoms with E-state index in [4.69, 9.17) is 19.4 Å². The summed E-state index contributed by atoms with van der Waals surface area (Å²) in [6.45, 7) is 6.50. The Morgan fingerprint density at radius 1 is 1.29 bits per heavy atom. The molecule has 1 aromatic carbocycles. The number of aliphatic hydroxyl groups excluding tert-OH is 1. The first-order chi connectivity index (χ1) is 16.4. The number of ether oxygens (including phenoxy) is 2. The van der Waals surface area contributed by atoms with Crippen molar-refractivity contribution in [3.05, 3.63) is 35.5 Å². The number of rotatable bonds is 10. The number of nitrogens with zero attached hydrogens (tertiary/aromatic N) is 4. The molecule has 2 fully saturated rings. The van der Waals surface area contributed by atoms with E-state index in [1.807, 2.05) is 31.3 Å². The number of likely N-dealkylation sites (N-methyl/N-ethyl adjacent to an activating group) is 2. The summed E-state index contributed by atoms with van der Waals surface area (Å²) in [4.78, 5) is 14.8. The van der Waals surface area contributed by atoms with Gasteiger partial charge in [-0.25, -0.2) is 9.97 Å². The largest absolute Gasteiger partial charge is 0.491 e. The first-order valence-electron chi connectivity index (χ1n) is 12.4. The van der Waals surface area contributed by atoms with Crippen LogP contribution in [0, 0.1) is 12.8 Å². The lowest BCUT2D eigenvalue weighted by Crippen LogP contribution is -2.32. The molecule has 0 radical (unpaired) electrons. The Labute approximate surface area is 203 Å². The van der Waals surface area contributed by atoms with Crippen molar-refractivity contribution in [3.63, 3.8) is 0 Å². The number of anilines is 1. The molecular formula is C26H39N5O3. The van der Waals surface area contributed by atoms with Gasteiger partial charge in [-0.2, -0.15) is 0 Å². The van der Waals surface area contributed by atoms with E-state index in [9.17, 15) is 5.11 Å². The van der Waals surface area contributed by atoms with Crippen LogP contribution >= 0.6 is 0 Å². The fourth-order valence-corrected chi connectivity index (χ4v) is 4.77. The molecule has 1 aromatic heterocycles. The standard InChI is InChI=1S/C26H39N5O3/c1-18-24(12-19-9-11-33-16-19)28-25(29-26(18)31-10-8-21(15-31)30(3)4)20-6-5-7-23(13-20)34-17-22(32)14-27-2/h5-7,13,19,21-22,27,32H,8-12,14-17H2,1-4H3/t19-,21+,22?/m0/s1. The number of hydrogen-bond acceptors (Lipinski definition) is 8. The SMILES string of the molecule is CNCC(O)COc1cccc(-c2nc(C[C@@H]3CCOC3)c(C)c(N3CC[C@@H](N(C)C)C3)n2)c1. The zero-order chi connectivity index (χ0) is 24.1. The maximum Gasteiger partial charge on any atom is 0.161 e. The van der Waals surface area contributed by atoms with Gasteiger partial charge in [0.25, 0.3) is 0 Å². The third-order valence-electron chi connectivity index (χ3n) is 6.89. The molecule has 2 aliphatic heterocycles. The minimum Gasteiger partial charge on any atom is -0.491 e. The van der Waals surface area contributed by atoms with Crippen LogP contribution in [0.1, 0.15) is 24.1 Å². The van der Waals surface area contributed by atoms with Gasteiger partial charge in [0.15, 0.2) is 5.82 Å².